The summed E-state index contributed by atoms with van der Waals surface area (Å²) in [5.74, 6) is 0.548. The first-order valence-electron chi connectivity index (χ1n) is 4.18. The van der Waals surface area contributed by atoms with E-state index in [4.69, 9.17) is 17.3 Å². The average Bonchev–Trinajstić information content (AvgIpc) is 2.16. The van der Waals surface area contributed by atoms with Crippen molar-refractivity contribution in [3.63, 3.8) is 0 Å². The minimum absolute atomic E-state index is 0.131. The molecule has 0 saturated carbocycles. The van der Waals surface area contributed by atoms with Crippen molar-refractivity contribution in [1.82, 2.24) is 0 Å². The molecule has 0 aromatic heterocycles. The molecule has 12 heavy (non-hydrogen) atoms. The SMILES string of the molecule is NC(CCl)CCc1ccccc1. The van der Waals surface area contributed by atoms with Crippen molar-refractivity contribution < 1.29 is 0 Å². The lowest BCUT2D eigenvalue weighted by Gasteiger charge is -2.06. The molecular formula is C10H14ClN. The van der Waals surface area contributed by atoms with Gasteiger partial charge in [0.25, 0.3) is 0 Å². The van der Waals surface area contributed by atoms with E-state index in [1.807, 2.05) is 18.2 Å². The smallest absolute Gasteiger partial charge is 0.0375 e. The first kappa shape index (κ1) is 9.56. The summed E-state index contributed by atoms with van der Waals surface area (Å²) >= 11 is 5.59. The molecule has 0 bridgehead atoms. The van der Waals surface area contributed by atoms with Crippen molar-refractivity contribution in [1.29, 1.82) is 0 Å². The lowest BCUT2D eigenvalue weighted by Crippen LogP contribution is -2.22. The van der Waals surface area contributed by atoms with Crippen LogP contribution >= 0.6 is 11.6 Å². The number of aryl methyl sites for hydroxylation is 1. The fourth-order valence-electron chi connectivity index (χ4n) is 1.07. The summed E-state index contributed by atoms with van der Waals surface area (Å²) in [5.41, 5.74) is 7.02. The molecule has 2 N–H and O–H groups in total. The van der Waals surface area contributed by atoms with Crippen molar-refractivity contribution >= 4 is 11.6 Å². The Labute approximate surface area is 78.5 Å². The molecule has 66 valence electrons. The van der Waals surface area contributed by atoms with Gasteiger partial charge in [0.05, 0.1) is 0 Å². The van der Waals surface area contributed by atoms with Crippen LogP contribution in [0.2, 0.25) is 0 Å². The van der Waals surface area contributed by atoms with E-state index in [9.17, 15) is 0 Å². The summed E-state index contributed by atoms with van der Waals surface area (Å²) in [6, 6.07) is 10.5. The third-order valence-electron chi connectivity index (χ3n) is 1.84. The van der Waals surface area contributed by atoms with E-state index in [2.05, 4.69) is 12.1 Å². The molecule has 0 aliphatic rings. The second-order valence-electron chi connectivity index (χ2n) is 2.94. The van der Waals surface area contributed by atoms with Crippen LogP contribution in [0.4, 0.5) is 0 Å². The molecule has 0 spiro atoms. The van der Waals surface area contributed by atoms with Crippen molar-refractivity contribution in [3.8, 4) is 0 Å². The van der Waals surface area contributed by atoms with Crippen LogP contribution in [-0.4, -0.2) is 11.9 Å². The van der Waals surface area contributed by atoms with Gasteiger partial charge >= 0.3 is 0 Å². The predicted molar refractivity (Wildman–Crippen MR) is 53.5 cm³/mol. The van der Waals surface area contributed by atoms with Crippen LogP contribution in [0.25, 0.3) is 0 Å². The van der Waals surface area contributed by atoms with Crippen LogP contribution in [-0.2, 0) is 6.42 Å². The number of alkyl halides is 1. The normalized spacial score (nSPS) is 12.8. The maximum Gasteiger partial charge on any atom is 0.0375 e. The van der Waals surface area contributed by atoms with E-state index in [1.54, 1.807) is 0 Å². The highest BCUT2D eigenvalue weighted by atomic mass is 35.5. The monoisotopic (exact) mass is 183 g/mol. The number of hydrogen-bond acceptors (Lipinski definition) is 1. The molecule has 1 nitrogen and oxygen atoms in total. The summed E-state index contributed by atoms with van der Waals surface area (Å²) in [5, 5.41) is 0. The summed E-state index contributed by atoms with van der Waals surface area (Å²) in [4.78, 5) is 0. The van der Waals surface area contributed by atoms with Crippen molar-refractivity contribution in [2.24, 2.45) is 5.73 Å². The summed E-state index contributed by atoms with van der Waals surface area (Å²) in [6.45, 7) is 0. The second-order valence-corrected chi connectivity index (χ2v) is 3.25. The minimum Gasteiger partial charge on any atom is -0.327 e. The van der Waals surface area contributed by atoms with Crippen molar-refractivity contribution in [2.45, 2.75) is 18.9 Å². The molecule has 1 unspecified atom stereocenters. The van der Waals surface area contributed by atoms with Crippen LogP contribution in [0.5, 0.6) is 0 Å². The van der Waals surface area contributed by atoms with Crippen LogP contribution in [0.15, 0.2) is 30.3 Å². The van der Waals surface area contributed by atoms with Gasteiger partial charge in [0, 0.05) is 11.9 Å². The molecular weight excluding hydrogens is 170 g/mol. The first-order chi connectivity index (χ1) is 5.83. The van der Waals surface area contributed by atoms with E-state index in [0.717, 1.165) is 12.8 Å². The Morgan fingerprint density at radius 3 is 2.50 bits per heavy atom. The molecule has 1 aromatic rings. The van der Waals surface area contributed by atoms with Crippen molar-refractivity contribution in [2.75, 3.05) is 5.88 Å². The fraction of sp³-hybridized carbons (Fsp3) is 0.400. The molecule has 0 heterocycles. The summed E-state index contributed by atoms with van der Waals surface area (Å²) < 4.78 is 0. The third kappa shape index (κ3) is 3.24. The standard InChI is InChI=1S/C10H14ClN/c11-8-10(12)7-6-9-4-2-1-3-5-9/h1-5,10H,6-8,12H2. The Kier molecular flexibility index (Phi) is 4.12. The highest BCUT2D eigenvalue weighted by molar-refractivity contribution is 6.18. The average molecular weight is 184 g/mol. The Morgan fingerprint density at radius 2 is 1.92 bits per heavy atom. The molecule has 0 fully saturated rings. The van der Waals surface area contributed by atoms with E-state index < -0.39 is 0 Å². The zero-order valence-electron chi connectivity index (χ0n) is 7.04. The number of rotatable bonds is 4. The second kappa shape index (κ2) is 5.18. The highest BCUT2D eigenvalue weighted by Crippen LogP contribution is 2.04. The van der Waals surface area contributed by atoms with Gasteiger partial charge in [0.1, 0.15) is 0 Å². The number of benzene rings is 1. The third-order valence-corrected chi connectivity index (χ3v) is 2.24. The Hall–Kier alpha value is -0.530. The van der Waals surface area contributed by atoms with Gasteiger partial charge in [-0.1, -0.05) is 30.3 Å². The van der Waals surface area contributed by atoms with Crippen LogP contribution in [0, 0.1) is 0 Å². The van der Waals surface area contributed by atoms with Crippen LogP contribution in [0.1, 0.15) is 12.0 Å². The topological polar surface area (TPSA) is 26.0 Å². The van der Waals surface area contributed by atoms with Crippen LogP contribution < -0.4 is 5.73 Å². The maximum absolute atomic E-state index is 5.69. The highest BCUT2D eigenvalue weighted by Gasteiger charge is 1.99. The molecule has 1 rings (SSSR count). The van der Waals surface area contributed by atoms with Crippen molar-refractivity contribution in [3.05, 3.63) is 35.9 Å². The molecule has 0 aliphatic heterocycles. The molecule has 2 heteroatoms. The van der Waals surface area contributed by atoms with Gasteiger partial charge in [-0.25, -0.2) is 0 Å². The van der Waals surface area contributed by atoms with Gasteiger partial charge < -0.3 is 5.73 Å². The molecule has 0 radical (unpaired) electrons. The first-order valence-corrected chi connectivity index (χ1v) is 4.72. The number of hydrogen-bond donors (Lipinski definition) is 1. The summed E-state index contributed by atoms with van der Waals surface area (Å²) in [7, 11) is 0. The molecule has 0 saturated heterocycles. The van der Waals surface area contributed by atoms with Crippen LogP contribution in [0.3, 0.4) is 0 Å². The van der Waals surface area contributed by atoms with E-state index in [-0.39, 0.29) is 6.04 Å². The van der Waals surface area contributed by atoms with E-state index in [0.29, 0.717) is 5.88 Å². The Bertz CT molecular complexity index is 210. The van der Waals surface area contributed by atoms with E-state index >= 15 is 0 Å². The Balaban J connectivity index is 2.33. The summed E-state index contributed by atoms with van der Waals surface area (Å²) in [6.07, 6.45) is 1.99. The van der Waals surface area contributed by atoms with Gasteiger partial charge in [0.2, 0.25) is 0 Å². The minimum atomic E-state index is 0.131. The fourth-order valence-corrected chi connectivity index (χ4v) is 1.23. The van der Waals surface area contributed by atoms with Gasteiger partial charge in [-0.3, -0.25) is 0 Å². The lowest BCUT2D eigenvalue weighted by atomic mass is 10.1. The number of halogens is 1. The molecule has 1 atom stereocenters. The predicted octanol–water partition coefficient (Wildman–Crippen LogP) is 2.19. The zero-order chi connectivity index (χ0) is 8.81. The van der Waals surface area contributed by atoms with Gasteiger partial charge in [-0.15, -0.1) is 11.6 Å². The quantitative estimate of drug-likeness (QED) is 0.712. The largest absolute Gasteiger partial charge is 0.327 e. The molecule has 1 aromatic carbocycles. The molecule has 0 aliphatic carbocycles. The molecule has 0 amide bonds. The zero-order valence-corrected chi connectivity index (χ0v) is 7.80. The number of nitrogens with two attached hydrogens (primary N) is 1. The van der Waals surface area contributed by atoms with Gasteiger partial charge in [-0.2, -0.15) is 0 Å². The van der Waals surface area contributed by atoms with Gasteiger partial charge in [0.15, 0.2) is 0 Å². The maximum atomic E-state index is 5.69. The van der Waals surface area contributed by atoms with Gasteiger partial charge in [-0.05, 0) is 18.4 Å². The lowest BCUT2D eigenvalue weighted by molar-refractivity contribution is 0.671. The Morgan fingerprint density at radius 1 is 1.25 bits per heavy atom. The van der Waals surface area contributed by atoms with E-state index in [1.165, 1.54) is 5.56 Å².